The van der Waals surface area contributed by atoms with Gasteiger partial charge >= 0.3 is 0 Å². The first kappa shape index (κ1) is 22.7. The van der Waals surface area contributed by atoms with Crippen molar-refractivity contribution < 1.29 is 18.8 Å². The van der Waals surface area contributed by atoms with Crippen molar-refractivity contribution in [3.05, 3.63) is 81.9 Å². The van der Waals surface area contributed by atoms with E-state index in [0.717, 1.165) is 11.8 Å². The van der Waals surface area contributed by atoms with Crippen LogP contribution in [0.2, 0.25) is 5.02 Å². The third-order valence-corrected chi connectivity index (χ3v) is 6.04. The zero-order chi connectivity index (χ0) is 23.7. The Hall–Kier alpha value is -3.52. The summed E-state index contributed by atoms with van der Waals surface area (Å²) in [6.45, 7) is 4.37. The van der Waals surface area contributed by atoms with Crippen LogP contribution in [-0.4, -0.2) is 63.4 Å². The van der Waals surface area contributed by atoms with Gasteiger partial charge in [0.1, 0.15) is 5.82 Å². The summed E-state index contributed by atoms with van der Waals surface area (Å²) in [5, 5.41) is 4.48. The van der Waals surface area contributed by atoms with E-state index in [9.17, 15) is 18.8 Å². The molecule has 0 atom stereocenters. The summed E-state index contributed by atoms with van der Waals surface area (Å²) in [6.07, 6.45) is 0. The molecule has 0 aliphatic carbocycles. The molecule has 0 radical (unpaired) electrons. The number of ketones is 1. The second-order valence-corrected chi connectivity index (χ2v) is 8.24. The Morgan fingerprint density at radius 2 is 1.58 bits per heavy atom. The maximum atomic E-state index is 13.3. The lowest BCUT2D eigenvalue weighted by Crippen LogP contribution is -2.52. The van der Waals surface area contributed by atoms with Crippen LogP contribution < -0.4 is 0 Å². The Morgan fingerprint density at radius 1 is 0.939 bits per heavy atom. The second kappa shape index (κ2) is 9.15. The fourth-order valence-corrected chi connectivity index (χ4v) is 4.24. The Labute approximate surface area is 195 Å². The highest BCUT2D eigenvalue weighted by atomic mass is 35.5. The molecule has 0 unspecified atom stereocenters. The first-order chi connectivity index (χ1) is 15.8. The first-order valence-electron chi connectivity index (χ1n) is 10.5. The van der Waals surface area contributed by atoms with Crippen molar-refractivity contribution in [2.45, 2.75) is 13.8 Å². The van der Waals surface area contributed by atoms with Crippen LogP contribution in [0.15, 0.2) is 48.5 Å². The largest absolute Gasteiger partial charge is 0.335 e. The number of carbonyl (C=O) groups excluding carboxylic acids is 3. The molecular weight excluding hydrogens is 447 g/mol. The van der Waals surface area contributed by atoms with E-state index in [1.54, 1.807) is 18.5 Å². The van der Waals surface area contributed by atoms with Crippen molar-refractivity contribution >= 4 is 29.2 Å². The minimum absolute atomic E-state index is 0.0371. The summed E-state index contributed by atoms with van der Waals surface area (Å²) in [5.41, 5.74) is 2.37. The van der Waals surface area contributed by atoms with Crippen LogP contribution in [-0.2, 0) is 4.79 Å². The number of halogens is 2. The molecule has 9 heteroatoms. The van der Waals surface area contributed by atoms with Crippen LogP contribution in [0.5, 0.6) is 0 Å². The van der Waals surface area contributed by atoms with Crippen molar-refractivity contribution in [2.24, 2.45) is 0 Å². The number of aryl methyl sites for hydroxylation is 1. The van der Waals surface area contributed by atoms with E-state index in [1.165, 1.54) is 21.9 Å². The highest BCUT2D eigenvalue weighted by molar-refractivity contribution is 6.43. The lowest BCUT2D eigenvalue weighted by atomic mass is 10.1. The number of hydrogen-bond acceptors (Lipinski definition) is 4. The Balaban J connectivity index is 1.45. The average Bonchev–Trinajstić information content (AvgIpc) is 3.12. The fourth-order valence-electron chi connectivity index (χ4n) is 3.99. The number of para-hydroxylation sites is 1. The molecule has 0 saturated carbocycles. The molecule has 2 amide bonds. The fraction of sp³-hybridized carbons (Fsp3) is 0.250. The Morgan fingerprint density at radius 3 is 2.21 bits per heavy atom. The highest BCUT2D eigenvalue weighted by Crippen LogP contribution is 2.22. The molecule has 1 fully saturated rings. The monoisotopic (exact) mass is 468 g/mol. The molecule has 0 spiro atoms. The van der Waals surface area contributed by atoms with Crippen LogP contribution in [0.25, 0.3) is 5.69 Å². The number of nitrogens with zero attached hydrogens (tertiary/aromatic N) is 4. The Kier molecular flexibility index (Phi) is 6.29. The van der Waals surface area contributed by atoms with E-state index >= 15 is 0 Å². The molecule has 3 aromatic rings. The van der Waals surface area contributed by atoms with E-state index in [1.807, 2.05) is 30.3 Å². The lowest BCUT2D eigenvalue weighted by molar-refractivity contribution is -0.127. The number of carbonyl (C=O) groups is 3. The van der Waals surface area contributed by atoms with Gasteiger partial charge in [-0.15, -0.1) is 0 Å². The predicted octanol–water partition coefficient (Wildman–Crippen LogP) is 3.45. The molecule has 170 valence electrons. The van der Waals surface area contributed by atoms with Crippen LogP contribution >= 0.6 is 11.6 Å². The molecule has 33 heavy (non-hydrogen) atoms. The third-order valence-electron chi connectivity index (χ3n) is 5.73. The predicted molar refractivity (Wildman–Crippen MR) is 121 cm³/mol. The molecule has 0 bridgehead atoms. The standard InChI is InChI=1S/C24H22ClFN4O3/c1-15-21(16(2)30(27-15)18-6-4-3-5-7-18)22(31)24(33)29-12-10-28(11-13-29)23(32)19-9-8-17(26)14-20(19)25/h3-9,14H,10-13H2,1-2H3. The quantitative estimate of drug-likeness (QED) is 0.434. The maximum absolute atomic E-state index is 13.3. The van der Waals surface area contributed by atoms with Crippen molar-refractivity contribution in [1.82, 2.24) is 19.6 Å². The molecule has 1 aliphatic heterocycles. The molecule has 0 N–H and O–H groups in total. The van der Waals surface area contributed by atoms with Crippen LogP contribution in [0, 0.1) is 19.7 Å². The minimum Gasteiger partial charge on any atom is -0.335 e. The third kappa shape index (κ3) is 4.39. The van der Waals surface area contributed by atoms with Gasteiger partial charge in [-0.1, -0.05) is 29.8 Å². The minimum atomic E-state index is -0.624. The number of piperazine rings is 1. The van der Waals surface area contributed by atoms with Crippen molar-refractivity contribution in [3.8, 4) is 5.69 Å². The second-order valence-electron chi connectivity index (χ2n) is 7.83. The maximum Gasteiger partial charge on any atom is 0.295 e. The summed E-state index contributed by atoms with van der Waals surface area (Å²) >= 11 is 6.00. The summed E-state index contributed by atoms with van der Waals surface area (Å²) in [7, 11) is 0. The molecular formula is C24H22ClFN4O3. The number of rotatable bonds is 4. The van der Waals surface area contributed by atoms with E-state index < -0.39 is 17.5 Å². The Bertz CT molecular complexity index is 1230. The normalized spacial score (nSPS) is 13.8. The first-order valence-corrected chi connectivity index (χ1v) is 10.8. The molecule has 1 aromatic heterocycles. The molecule has 4 rings (SSSR count). The SMILES string of the molecule is Cc1nn(-c2ccccc2)c(C)c1C(=O)C(=O)N1CCN(C(=O)c2ccc(F)cc2Cl)CC1. The topological polar surface area (TPSA) is 75.5 Å². The summed E-state index contributed by atoms with van der Waals surface area (Å²) in [4.78, 5) is 41.7. The van der Waals surface area contributed by atoms with Gasteiger partial charge in [-0.25, -0.2) is 9.07 Å². The van der Waals surface area contributed by atoms with E-state index in [0.29, 0.717) is 17.0 Å². The molecule has 2 aromatic carbocycles. The highest BCUT2D eigenvalue weighted by Gasteiger charge is 2.32. The van der Waals surface area contributed by atoms with Gasteiger partial charge in [-0.05, 0) is 44.2 Å². The van der Waals surface area contributed by atoms with Gasteiger partial charge in [-0.2, -0.15) is 5.10 Å². The van der Waals surface area contributed by atoms with Crippen LogP contribution in [0.3, 0.4) is 0 Å². The zero-order valence-electron chi connectivity index (χ0n) is 18.2. The average molecular weight is 469 g/mol. The smallest absolute Gasteiger partial charge is 0.295 e. The van der Waals surface area contributed by atoms with Gasteiger partial charge in [0.15, 0.2) is 0 Å². The van der Waals surface area contributed by atoms with E-state index in [4.69, 9.17) is 11.6 Å². The number of hydrogen-bond donors (Lipinski definition) is 0. The van der Waals surface area contributed by atoms with Crippen molar-refractivity contribution in [2.75, 3.05) is 26.2 Å². The van der Waals surface area contributed by atoms with Gasteiger partial charge < -0.3 is 9.80 Å². The summed E-state index contributed by atoms with van der Waals surface area (Å²) < 4.78 is 14.9. The zero-order valence-corrected chi connectivity index (χ0v) is 19.0. The molecule has 1 saturated heterocycles. The van der Waals surface area contributed by atoms with Gasteiger partial charge in [0.05, 0.1) is 33.2 Å². The van der Waals surface area contributed by atoms with Crippen molar-refractivity contribution in [1.29, 1.82) is 0 Å². The van der Waals surface area contributed by atoms with Gasteiger partial charge in [0, 0.05) is 26.2 Å². The van der Waals surface area contributed by atoms with Crippen LogP contribution in [0.1, 0.15) is 32.1 Å². The van der Waals surface area contributed by atoms with Gasteiger partial charge in [0.2, 0.25) is 0 Å². The summed E-state index contributed by atoms with van der Waals surface area (Å²) in [6, 6.07) is 13.0. The van der Waals surface area contributed by atoms with E-state index in [-0.39, 0.29) is 42.7 Å². The molecule has 2 heterocycles. The molecule has 7 nitrogen and oxygen atoms in total. The van der Waals surface area contributed by atoms with Gasteiger partial charge in [0.25, 0.3) is 17.6 Å². The van der Waals surface area contributed by atoms with Crippen LogP contribution in [0.4, 0.5) is 4.39 Å². The summed E-state index contributed by atoms with van der Waals surface area (Å²) in [5.74, 6) is -2.10. The van der Waals surface area contributed by atoms with E-state index in [2.05, 4.69) is 5.10 Å². The lowest BCUT2D eigenvalue weighted by Gasteiger charge is -2.34. The number of Topliss-reactive ketones (excluding diaryl/α,β-unsaturated/α-hetero) is 1. The molecule has 1 aliphatic rings. The van der Waals surface area contributed by atoms with Crippen molar-refractivity contribution in [3.63, 3.8) is 0 Å². The number of amides is 2. The number of aromatic nitrogens is 2. The van der Waals surface area contributed by atoms with Gasteiger partial charge in [-0.3, -0.25) is 14.4 Å². The number of benzene rings is 2.